The fourth-order valence-corrected chi connectivity index (χ4v) is 6.29. The number of thiophene rings is 1. The molecule has 0 spiro atoms. The summed E-state index contributed by atoms with van der Waals surface area (Å²) in [4.78, 5) is 28.9. The number of hydrogen-bond acceptors (Lipinski definition) is 7. The van der Waals surface area contributed by atoms with Gasteiger partial charge in [-0.2, -0.15) is 4.31 Å². The standard InChI is InChI=1S/C23H31N3O5S2/c1-14(2)25(5)33(29,30)17-9-7-16(8-10-17)21(27)24-22-20(23(28)31-6)18-11-12-26(15(3)4)13-19(18)32-22/h7-10,14-15H,11-13H2,1-6H3,(H,24,27). The Balaban J connectivity index is 1.87. The van der Waals surface area contributed by atoms with Crippen LogP contribution in [-0.4, -0.2) is 62.3 Å². The average Bonchev–Trinajstić information content (AvgIpc) is 3.14. The highest BCUT2D eigenvalue weighted by Crippen LogP contribution is 2.38. The summed E-state index contributed by atoms with van der Waals surface area (Å²) in [5.41, 5.74) is 1.64. The van der Waals surface area contributed by atoms with Crippen LogP contribution in [-0.2, 0) is 27.7 Å². The van der Waals surface area contributed by atoms with E-state index in [-0.39, 0.29) is 10.9 Å². The summed E-state index contributed by atoms with van der Waals surface area (Å²) < 4.78 is 31.6. The minimum absolute atomic E-state index is 0.117. The Bertz CT molecular complexity index is 1140. The molecule has 0 saturated carbocycles. The van der Waals surface area contributed by atoms with E-state index in [1.165, 1.54) is 54.1 Å². The molecule has 0 aliphatic carbocycles. The van der Waals surface area contributed by atoms with Gasteiger partial charge in [0, 0.05) is 42.7 Å². The molecule has 1 aliphatic heterocycles. The number of nitrogens with zero attached hydrogens (tertiary/aromatic N) is 2. The summed E-state index contributed by atoms with van der Waals surface area (Å²) >= 11 is 1.39. The molecule has 1 amide bonds. The first-order valence-corrected chi connectivity index (χ1v) is 13.1. The topological polar surface area (TPSA) is 96.0 Å². The van der Waals surface area contributed by atoms with Gasteiger partial charge in [-0.3, -0.25) is 9.69 Å². The van der Waals surface area contributed by atoms with E-state index in [4.69, 9.17) is 4.74 Å². The second kappa shape index (κ2) is 9.92. The van der Waals surface area contributed by atoms with Crippen molar-refractivity contribution < 1.29 is 22.7 Å². The molecular formula is C23H31N3O5S2. The maximum Gasteiger partial charge on any atom is 0.341 e. The van der Waals surface area contributed by atoms with Gasteiger partial charge in [0.05, 0.1) is 17.6 Å². The molecule has 1 aromatic heterocycles. The lowest BCUT2D eigenvalue weighted by Crippen LogP contribution is -2.35. The molecule has 10 heteroatoms. The van der Waals surface area contributed by atoms with Crippen LogP contribution in [0.3, 0.4) is 0 Å². The van der Waals surface area contributed by atoms with E-state index >= 15 is 0 Å². The van der Waals surface area contributed by atoms with Crippen LogP contribution in [0.25, 0.3) is 0 Å². The number of amides is 1. The number of ether oxygens (including phenoxy) is 1. The Kier molecular flexibility index (Phi) is 7.62. The second-order valence-corrected chi connectivity index (χ2v) is 11.7. The van der Waals surface area contributed by atoms with Gasteiger partial charge in [-0.25, -0.2) is 13.2 Å². The van der Waals surface area contributed by atoms with E-state index in [9.17, 15) is 18.0 Å². The fraction of sp³-hybridized carbons (Fsp3) is 0.478. The monoisotopic (exact) mass is 493 g/mol. The second-order valence-electron chi connectivity index (χ2n) is 8.61. The quantitative estimate of drug-likeness (QED) is 0.593. The maximum absolute atomic E-state index is 12.9. The first kappa shape index (κ1) is 25.4. The first-order chi connectivity index (χ1) is 15.5. The number of carbonyl (C=O) groups excluding carboxylic acids is 2. The average molecular weight is 494 g/mol. The summed E-state index contributed by atoms with van der Waals surface area (Å²) in [5.74, 6) is -0.889. The van der Waals surface area contributed by atoms with E-state index in [0.717, 1.165) is 17.0 Å². The molecule has 3 rings (SSSR count). The predicted molar refractivity (Wildman–Crippen MR) is 129 cm³/mol. The van der Waals surface area contributed by atoms with Crippen LogP contribution < -0.4 is 5.32 Å². The van der Waals surface area contributed by atoms with Crippen molar-refractivity contribution in [3.05, 3.63) is 45.8 Å². The van der Waals surface area contributed by atoms with Gasteiger partial charge in [-0.15, -0.1) is 11.3 Å². The molecule has 0 bridgehead atoms. The van der Waals surface area contributed by atoms with E-state index in [2.05, 4.69) is 24.1 Å². The van der Waals surface area contributed by atoms with Crippen molar-refractivity contribution in [2.75, 3.05) is 26.0 Å². The lowest BCUT2D eigenvalue weighted by atomic mass is 10.0. The number of esters is 1. The number of nitrogens with one attached hydrogen (secondary N) is 1. The molecule has 2 aromatic rings. The molecule has 0 unspecified atom stereocenters. The van der Waals surface area contributed by atoms with E-state index in [1.807, 2.05) is 0 Å². The Morgan fingerprint density at radius 1 is 1.15 bits per heavy atom. The summed E-state index contributed by atoms with van der Waals surface area (Å²) in [6.45, 7) is 9.39. The molecule has 0 radical (unpaired) electrons. The molecule has 1 aromatic carbocycles. The number of carbonyl (C=O) groups is 2. The number of rotatable bonds is 7. The highest BCUT2D eigenvalue weighted by Gasteiger charge is 2.30. The zero-order valence-corrected chi connectivity index (χ0v) is 21.5. The minimum atomic E-state index is -3.64. The van der Waals surface area contributed by atoms with Crippen LogP contribution in [0, 0.1) is 0 Å². The zero-order chi connectivity index (χ0) is 24.5. The molecule has 1 N–H and O–H groups in total. The fourth-order valence-electron chi connectivity index (χ4n) is 3.67. The third-order valence-electron chi connectivity index (χ3n) is 5.95. The lowest BCUT2D eigenvalue weighted by molar-refractivity contribution is 0.0600. The number of hydrogen-bond donors (Lipinski definition) is 1. The first-order valence-electron chi connectivity index (χ1n) is 10.8. The van der Waals surface area contributed by atoms with Crippen LogP contribution in [0.2, 0.25) is 0 Å². The van der Waals surface area contributed by atoms with Crippen molar-refractivity contribution in [3.63, 3.8) is 0 Å². The molecule has 0 saturated heterocycles. The Morgan fingerprint density at radius 2 is 1.79 bits per heavy atom. The lowest BCUT2D eigenvalue weighted by Gasteiger charge is -2.30. The van der Waals surface area contributed by atoms with Crippen molar-refractivity contribution in [2.24, 2.45) is 0 Å². The van der Waals surface area contributed by atoms with E-state index < -0.39 is 21.9 Å². The van der Waals surface area contributed by atoms with Gasteiger partial charge in [-0.05, 0) is 63.9 Å². The van der Waals surface area contributed by atoms with Gasteiger partial charge in [-0.1, -0.05) is 0 Å². The molecule has 8 nitrogen and oxygen atoms in total. The largest absolute Gasteiger partial charge is 0.465 e. The van der Waals surface area contributed by atoms with E-state index in [1.54, 1.807) is 13.8 Å². The van der Waals surface area contributed by atoms with E-state index in [0.29, 0.717) is 35.1 Å². The number of benzene rings is 1. The van der Waals surface area contributed by atoms with Crippen LogP contribution >= 0.6 is 11.3 Å². The number of anilines is 1. The maximum atomic E-state index is 12.9. The normalized spacial score (nSPS) is 14.6. The Labute approximate surface area is 199 Å². The highest BCUT2D eigenvalue weighted by atomic mass is 32.2. The number of sulfonamides is 1. The number of fused-ring (bicyclic) bond motifs is 1. The highest BCUT2D eigenvalue weighted by molar-refractivity contribution is 7.89. The van der Waals surface area contributed by atoms with Crippen molar-refractivity contribution in [1.29, 1.82) is 0 Å². The van der Waals surface area contributed by atoms with Gasteiger partial charge in [0.2, 0.25) is 10.0 Å². The number of methoxy groups -OCH3 is 1. The van der Waals surface area contributed by atoms with Crippen LogP contribution in [0.5, 0.6) is 0 Å². The molecule has 33 heavy (non-hydrogen) atoms. The summed E-state index contributed by atoms with van der Waals surface area (Å²) in [6, 6.07) is 5.98. The third-order valence-corrected chi connectivity index (χ3v) is 9.13. The summed E-state index contributed by atoms with van der Waals surface area (Å²) in [6.07, 6.45) is 0.709. The van der Waals surface area contributed by atoms with Gasteiger partial charge in [0.25, 0.3) is 5.91 Å². The van der Waals surface area contributed by atoms with Crippen LogP contribution in [0.15, 0.2) is 29.2 Å². The zero-order valence-electron chi connectivity index (χ0n) is 19.8. The van der Waals surface area contributed by atoms with Gasteiger partial charge in [0.15, 0.2) is 0 Å². The van der Waals surface area contributed by atoms with Crippen molar-refractivity contribution in [1.82, 2.24) is 9.21 Å². The molecule has 2 heterocycles. The minimum Gasteiger partial charge on any atom is -0.465 e. The molecule has 180 valence electrons. The third kappa shape index (κ3) is 5.13. The van der Waals surface area contributed by atoms with Gasteiger partial charge >= 0.3 is 5.97 Å². The van der Waals surface area contributed by atoms with Gasteiger partial charge < -0.3 is 10.1 Å². The molecular weight excluding hydrogens is 462 g/mol. The molecule has 1 aliphatic rings. The van der Waals surface area contributed by atoms with Crippen molar-refractivity contribution in [3.8, 4) is 0 Å². The molecule has 0 atom stereocenters. The SMILES string of the molecule is COC(=O)c1c(NC(=O)c2ccc(S(=O)(=O)N(C)C(C)C)cc2)sc2c1CCN(C(C)C)C2. The molecule has 0 fully saturated rings. The Morgan fingerprint density at radius 3 is 2.33 bits per heavy atom. The van der Waals surface area contributed by atoms with Crippen molar-refractivity contribution >= 4 is 38.2 Å². The van der Waals surface area contributed by atoms with Gasteiger partial charge in [0.1, 0.15) is 5.00 Å². The Hall–Kier alpha value is -2.27. The summed E-state index contributed by atoms with van der Waals surface area (Å²) in [7, 11) is -0.788. The van der Waals surface area contributed by atoms with Crippen molar-refractivity contribution in [2.45, 2.75) is 57.6 Å². The van der Waals surface area contributed by atoms with Crippen LogP contribution in [0.4, 0.5) is 5.00 Å². The van der Waals surface area contributed by atoms with Crippen LogP contribution in [0.1, 0.15) is 58.9 Å². The smallest absolute Gasteiger partial charge is 0.341 e. The predicted octanol–water partition coefficient (Wildman–Crippen LogP) is 3.58. The summed E-state index contributed by atoms with van der Waals surface area (Å²) in [5, 5.41) is 3.30.